The quantitative estimate of drug-likeness (QED) is 0.874. The Balaban J connectivity index is 2.03. The summed E-state index contributed by atoms with van der Waals surface area (Å²) in [6.45, 7) is 0.521. The first-order valence-electron chi connectivity index (χ1n) is 7.36. The van der Waals surface area contributed by atoms with Gasteiger partial charge in [-0.2, -0.15) is 0 Å². The van der Waals surface area contributed by atoms with Crippen molar-refractivity contribution in [1.82, 2.24) is 4.90 Å². The molecule has 3 rings (SSSR count). The van der Waals surface area contributed by atoms with Crippen molar-refractivity contribution in [1.29, 1.82) is 0 Å². The molecule has 1 aromatic carbocycles. The van der Waals surface area contributed by atoms with Gasteiger partial charge in [-0.3, -0.25) is 4.79 Å². The van der Waals surface area contributed by atoms with Gasteiger partial charge in [-0.25, -0.2) is 0 Å². The van der Waals surface area contributed by atoms with Crippen LogP contribution in [0.25, 0.3) is 6.08 Å². The summed E-state index contributed by atoms with van der Waals surface area (Å²) in [5.41, 5.74) is -0.349. The van der Waals surface area contributed by atoms with Crippen LogP contribution in [0.2, 0.25) is 5.02 Å². The van der Waals surface area contributed by atoms with Gasteiger partial charge < -0.3 is 14.4 Å². The molecule has 0 bridgehead atoms. The molecule has 23 heavy (non-hydrogen) atoms. The van der Waals surface area contributed by atoms with E-state index >= 15 is 0 Å². The summed E-state index contributed by atoms with van der Waals surface area (Å²) >= 11 is 5.88. The summed E-state index contributed by atoms with van der Waals surface area (Å²) in [7, 11) is 3.82. The Kier molecular flexibility index (Phi) is 4.15. The smallest absolute Gasteiger partial charge is 0.198 e. The fourth-order valence-corrected chi connectivity index (χ4v) is 3.11. The average molecular weight is 332 g/mol. The topological polar surface area (TPSA) is 53.7 Å². The molecule has 1 N–H and O–H groups in total. The first kappa shape index (κ1) is 16.0. The SMILES string of the molecule is CN(C)CC1c2ccoc2C=CC1(O)C(=O)c1ccc(Cl)cc1. The van der Waals surface area contributed by atoms with Crippen LogP contribution in [0.4, 0.5) is 0 Å². The molecule has 0 amide bonds. The monoisotopic (exact) mass is 331 g/mol. The van der Waals surface area contributed by atoms with E-state index in [4.69, 9.17) is 16.0 Å². The van der Waals surface area contributed by atoms with E-state index in [2.05, 4.69) is 0 Å². The third-order valence-corrected chi connectivity index (χ3v) is 4.39. The van der Waals surface area contributed by atoms with Crippen molar-refractivity contribution in [3.05, 3.63) is 64.6 Å². The van der Waals surface area contributed by atoms with Crippen LogP contribution in [-0.2, 0) is 0 Å². The van der Waals surface area contributed by atoms with Gasteiger partial charge >= 0.3 is 0 Å². The number of hydrogen-bond donors (Lipinski definition) is 1. The lowest BCUT2D eigenvalue weighted by Crippen LogP contribution is -2.47. The minimum Gasteiger partial charge on any atom is -0.465 e. The van der Waals surface area contributed by atoms with Crippen LogP contribution in [0.5, 0.6) is 0 Å². The van der Waals surface area contributed by atoms with Gasteiger partial charge in [0.25, 0.3) is 0 Å². The van der Waals surface area contributed by atoms with Gasteiger partial charge in [0.2, 0.25) is 0 Å². The molecular formula is C18H18ClNO3. The summed E-state index contributed by atoms with van der Waals surface area (Å²) in [5.74, 6) is -0.0611. The lowest BCUT2D eigenvalue weighted by molar-refractivity contribution is 0.0365. The highest BCUT2D eigenvalue weighted by Gasteiger charge is 2.46. The Morgan fingerprint density at radius 2 is 2.00 bits per heavy atom. The van der Waals surface area contributed by atoms with Crippen molar-refractivity contribution in [3.63, 3.8) is 0 Å². The number of nitrogens with zero attached hydrogens (tertiary/aromatic N) is 1. The number of rotatable bonds is 4. The standard InChI is InChI=1S/C18H18ClNO3/c1-20(2)11-15-14-8-10-23-16(14)7-9-18(15,22)17(21)12-3-5-13(19)6-4-12/h3-10,15,22H,11H2,1-2H3. The van der Waals surface area contributed by atoms with Crippen LogP contribution in [0.15, 0.2) is 47.1 Å². The highest BCUT2D eigenvalue weighted by molar-refractivity contribution is 6.30. The van der Waals surface area contributed by atoms with Gasteiger partial charge in [0.1, 0.15) is 5.76 Å². The summed E-state index contributed by atoms with van der Waals surface area (Å²) < 4.78 is 5.42. The summed E-state index contributed by atoms with van der Waals surface area (Å²) in [6.07, 6.45) is 4.77. The minimum atomic E-state index is -1.62. The first-order valence-corrected chi connectivity index (χ1v) is 7.73. The van der Waals surface area contributed by atoms with Gasteiger partial charge in [0, 0.05) is 28.6 Å². The van der Waals surface area contributed by atoms with Crippen LogP contribution in [0, 0.1) is 0 Å². The second-order valence-corrected chi connectivity index (χ2v) is 6.49. The van der Waals surface area contributed by atoms with E-state index in [1.165, 1.54) is 6.08 Å². The fourth-order valence-electron chi connectivity index (χ4n) is 2.98. The normalized spacial score (nSPS) is 23.1. The summed E-state index contributed by atoms with van der Waals surface area (Å²) in [5, 5.41) is 11.7. The van der Waals surface area contributed by atoms with Crippen molar-refractivity contribution in [2.45, 2.75) is 11.5 Å². The van der Waals surface area contributed by atoms with E-state index in [9.17, 15) is 9.90 Å². The predicted octanol–water partition coefficient (Wildman–Crippen LogP) is 3.22. The van der Waals surface area contributed by atoms with Crippen LogP contribution in [0.3, 0.4) is 0 Å². The van der Waals surface area contributed by atoms with Crippen LogP contribution in [-0.4, -0.2) is 42.0 Å². The maximum Gasteiger partial charge on any atom is 0.198 e. The van der Waals surface area contributed by atoms with Gasteiger partial charge in [-0.1, -0.05) is 11.6 Å². The number of carbonyl (C=O) groups is 1. The van der Waals surface area contributed by atoms with E-state index in [1.807, 2.05) is 25.1 Å². The maximum absolute atomic E-state index is 13.0. The Morgan fingerprint density at radius 3 is 2.65 bits per heavy atom. The Bertz CT molecular complexity index is 748. The zero-order chi connectivity index (χ0) is 16.6. The molecule has 0 fully saturated rings. The van der Waals surface area contributed by atoms with Crippen LogP contribution in [0.1, 0.15) is 27.6 Å². The molecule has 0 aliphatic heterocycles. The molecule has 1 heterocycles. The Labute approximate surface area is 140 Å². The number of likely N-dealkylation sites (N-methyl/N-ethyl adjacent to an activating group) is 1. The molecule has 0 saturated carbocycles. The second-order valence-electron chi connectivity index (χ2n) is 6.05. The van der Waals surface area contributed by atoms with E-state index < -0.39 is 11.5 Å². The summed E-state index contributed by atoms with van der Waals surface area (Å²) in [4.78, 5) is 14.9. The van der Waals surface area contributed by atoms with Gasteiger partial charge in [0.15, 0.2) is 11.4 Å². The van der Waals surface area contributed by atoms with Gasteiger partial charge in [-0.15, -0.1) is 0 Å². The number of ketones is 1. The number of Topliss-reactive ketones (excluding diaryl/α,β-unsaturated/α-hetero) is 1. The van der Waals surface area contributed by atoms with Crippen molar-refractivity contribution in [3.8, 4) is 0 Å². The molecule has 0 saturated heterocycles. The van der Waals surface area contributed by atoms with Crippen LogP contribution >= 0.6 is 11.6 Å². The zero-order valence-corrected chi connectivity index (χ0v) is 13.7. The minimum absolute atomic E-state index is 0.343. The van der Waals surface area contributed by atoms with E-state index in [0.717, 1.165) is 5.56 Å². The van der Waals surface area contributed by atoms with Crippen molar-refractivity contribution in [2.24, 2.45) is 0 Å². The summed E-state index contributed by atoms with van der Waals surface area (Å²) in [6, 6.07) is 8.37. The highest BCUT2D eigenvalue weighted by atomic mass is 35.5. The number of halogens is 1. The largest absolute Gasteiger partial charge is 0.465 e. The van der Waals surface area contributed by atoms with E-state index in [1.54, 1.807) is 36.6 Å². The molecule has 0 radical (unpaired) electrons. The fraction of sp³-hybridized carbons (Fsp3) is 0.278. The van der Waals surface area contributed by atoms with Gasteiger partial charge in [-0.05, 0) is 56.6 Å². The molecule has 1 aromatic heterocycles. The lowest BCUT2D eigenvalue weighted by atomic mass is 9.74. The van der Waals surface area contributed by atoms with Crippen molar-refractivity contribution >= 4 is 23.5 Å². The molecule has 2 unspecified atom stereocenters. The highest BCUT2D eigenvalue weighted by Crippen LogP contribution is 2.40. The number of fused-ring (bicyclic) bond motifs is 1. The predicted molar refractivity (Wildman–Crippen MR) is 89.8 cm³/mol. The van der Waals surface area contributed by atoms with E-state index in [-0.39, 0.29) is 5.78 Å². The van der Waals surface area contributed by atoms with Crippen molar-refractivity contribution in [2.75, 3.05) is 20.6 Å². The lowest BCUT2D eigenvalue weighted by Gasteiger charge is -2.36. The molecule has 1 aliphatic rings. The molecule has 0 spiro atoms. The molecule has 120 valence electrons. The molecular weight excluding hydrogens is 314 g/mol. The number of aliphatic hydroxyl groups is 1. The number of carbonyl (C=O) groups excluding carboxylic acids is 1. The number of hydrogen-bond acceptors (Lipinski definition) is 4. The second kappa shape index (κ2) is 5.96. The molecule has 1 aliphatic carbocycles. The molecule has 4 nitrogen and oxygen atoms in total. The zero-order valence-electron chi connectivity index (χ0n) is 13.0. The first-order chi connectivity index (χ1) is 10.9. The van der Waals surface area contributed by atoms with E-state index in [0.29, 0.717) is 22.9 Å². The Hall–Kier alpha value is -1.88. The average Bonchev–Trinajstić information content (AvgIpc) is 2.99. The van der Waals surface area contributed by atoms with Gasteiger partial charge in [0.05, 0.1) is 6.26 Å². The molecule has 2 atom stereocenters. The maximum atomic E-state index is 13.0. The number of furan rings is 1. The molecule has 5 heteroatoms. The third kappa shape index (κ3) is 2.85. The molecule has 2 aromatic rings. The van der Waals surface area contributed by atoms with Crippen molar-refractivity contribution < 1.29 is 14.3 Å². The number of benzene rings is 1. The van der Waals surface area contributed by atoms with Crippen LogP contribution < -0.4 is 0 Å². The Morgan fingerprint density at radius 1 is 1.30 bits per heavy atom. The third-order valence-electron chi connectivity index (χ3n) is 4.14.